The number of ether oxygens (including phenoxy) is 6. The second-order valence-corrected chi connectivity index (χ2v) is 13.4. The lowest BCUT2D eigenvalue weighted by molar-refractivity contribution is -0.207. The maximum absolute atomic E-state index is 11.8. The standard InChI is InChI=1S/C34H57ClO7/c1-2-3-21-38-32(36)25-37-20-10-7-15-27-28(31(24-29(27)35)42-34-17-9-12-23-40-34)18-19-30(26-13-5-4-6-14-26)41-33-16-8-11-22-39-33/h7,10,26-31,33-34H,2-6,8-9,11-25H2,1H3/t27-,28-,29-,30-,31-,33?,34?/m1/s1. The fourth-order valence-corrected chi connectivity index (χ4v) is 7.67. The van der Waals surface area contributed by atoms with E-state index in [-0.39, 0.29) is 42.7 Å². The predicted molar refractivity (Wildman–Crippen MR) is 164 cm³/mol. The van der Waals surface area contributed by atoms with Crippen LogP contribution >= 0.6 is 11.6 Å². The number of unbranched alkanes of at least 4 members (excludes halogenated alkanes) is 1. The van der Waals surface area contributed by atoms with Crippen LogP contribution in [0.2, 0.25) is 0 Å². The third-order valence-electron chi connectivity index (χ3n) is 9.61. The first-order valence-corrected chi connectivity index (χ1v) is 17.6. The topological polar surface area (TPSA) is 72.5 Å². The van der Waals surface area contributed by atoms with Crippen LogP contribution in [0, 0.1) is 17.8 Å². The largest absolute Gasteiger partial charge is 0.464 e. The first-order chi connectivity index (χ1) is 20.6. The third kappa shape index (κ3) is 11.7. The van der Waals surface area contributed by atoms with Crippen molar-refractivity contribution in [3.8, 4) is 0 Å². The van der Waals surface area contributed by atoms with Gasteiger partial charge in [-0.25, -0.2) is 4.79 Å². The molecular formula is C34H57ClO7. The Labute approximate surface area is 259 Å². The average Bonchev–Trinajstić information content (AvgIpc) is 3.31. The van der Waals surface area contributed by atoms with Gasteiger partial charge in [0.05, 0.1) is 25.4 Å². The number of esters is 1. The van der Waals surface area contributed by atoms with Crippen LogP contribution in [0.25, 0.3) is 0 Å². The minimum atomic E-state index is -0.299. The Morgan fingerprint density at radius 3 is 2.38 bits per heavy atom. The van der Waals surface area contributed by atoms with Crippen LogP contribution < -0.4 is 0 Å². The van der Waals surface area contributed by atoms with E-state index in [2.05, 4.69) is 13.0 Å². The van der Waals surface area contributed by atoms with Gasteiger partial charge in [0.25, 0.3) is 0 Å². The molecule has 4 aliphatic rings. The Morgan fingerprint density at radius 2 is 1.67 bits per heavy atom. The summed E-state index contributed by atoms with van der Waals surface area (Å²) in [6, 6.07) is 0. The first kappa shape index (κ1) is 34.2. The molecule has 2 heterocycles. The summed E-state index contributed by atoms with van der Waals surface area (Å²) in [5, 5.41) is 0.0541. The summed E-state index contributed by atoms with van der Waals surface area (Å²) in [5.74, 6) is 0.974. The quantitative estimate of drug-likeness (QED) is 0.0720. The van der Waals surface area contributed by atoms with Gasteiger partial charge in [0, 0.05) is 18.6 Å². The van der Waals surface area contributed by atoms with Crippen molar-refractivity contribution in [2.24, 2.45) is 17.8 Å². The molecule has 8 heteroatoms. The monoisotopic (exact) mass is 612 g/mol. The maximum atomic E-state index is 11.8. The molecule has 0 aromatic carbocycles. The Bertz CT molecular complexity index is 761. The van der Waals surface area contributed by atoms with Gasteiger partial charge in [-0.2, -0.15) is 0 Å². The second-order valence-electron chi connectivity index (χ2n) is 12.8. The number of allylic oxidation sites excluding steroid dienone is 1. The molecule has 2 aliphatic heterocycles. The SMILES string of the molecule is CCCCOC(=O)COCC=CC[C@@H]1[C@@H](CC[C@@H](OC2CCCCO2)C2CCCCC2)[C@H](OC2CCCCO2)C[C@H]1Cl. The van der Waals surface area contributed by atoms with Crippen molar-refractivity contribution in [1.29, 1.82) is 0 Å². The molecule has 0 bridgehead atoms. The molecule has 4 fully saturated rings. The lowest BCUT2D eigenvalue weighted by atomic mass is 9.80. The molecule has 2 saturated heterocycles. The van der Waals surface area contributed by atoms with Gasteiger partial charge in [0.2, 0.25) is 0 Å². The number of hydrogen-bond acceptors (Lipinski definition) is 7. The Hall–Kier alpha value is -0.700. The molecule has 0 N–H and O–H groups in total. The smallest absolute Gasteiger partial charge is 0.332 e. The number of rotatable bonds is 17. The molecule has 7 nitrogen and oxygen atoms in total. The number of halogens is 1. The van der Waals surface area contributed by atoms with E-state index < -0.39 is 0 Å². The fraction of sp³-hybridized carbons (Fsp3) is 0.912. The van der Waals surface area contributed by atoms with Crippen LogP contribution in [0.5, 0.6) is 0 Å². The van der Waals surface area contributed by atoms with Crippen molar-refractivity contribution in [2.75, 3.05) is 33.0 Å². The molecule has 2 saturated carbocycles. The fourth-order valence-electron chi connectivity index (χ4n) is 7.20. The van der Waals surface area contributed by atoms with Gasteiger partial charge in [-0.1, -0.05) is 44.8 Å². The van der Waals surface area contributed by atoms with Crippen molar-refractivity contribution in [3.63, 3.8) is 0 Å². The molecule has 0 amide bonds. The van der Waals surface area contributed by atoms with Gasteiger partial charge >= 0.3 is 5.97 Å². The van der Waals surface area contributed by atoms with E-state index >= 15 is 0 Å². The zero-order valence-corrected chi connectivity index (χ0v) is 26.8. The second kappa shape index (κ2) is 19.6. The van der Waals surface area contributed by atoms with Crippen LogP contribution in [-0.4, -0.2) is 69.2 Å². The molecule has 7 atom stereocenters. The molecule has 0 radical (unpaired) electrons. The van der Waals surface area contributed by atoms with Gasteiger partial charge in [0.15, 0.2) is 12.6 Å². The molecular weight excluding hydrogens is 556 g/mol. The van der Waals surface area contributed by atoms with Gasteiger partial charge in [0.1, 0.15) is 6.61 Å². The van der Waals surface area contributed by atoms with E-state index in [4.69, 9.17) is 40.0 Å². The molecule has 0 aromatic heterocycles. The molecule has 0 aromatic rings. The first-order valence-electron chi connectivity index (χ1n) is 17.2. The van der Waals surface area contributed by atoms with Crippen molar-refractivity contribution >= 4 is 17.6 Å². The highest BCUT2D eigenvalue weighted by Gasteiger charge is 2.44. The summed E-state index contributed by atoms with van der Waals surface area (Å²) in [5.41, 5.74) is 0. The predicted octanol–water partition coefficient (Wildman–Crippen LogP) is 7.72. The van der Waals surface area contributed by atoms with Gasteiger partial charge < -0.3 is 28.4 Å². The minimum absolute atomic E-state index is 0.0111. The van der Waals surface area contributed by atoms with E-state index in [1.807, 2.05) is 6.08 Å². The van der Waals surface area contributed by atoms with Crippen LogP contribution in [-0.2, 0) is 33.2 Å². The highest BCUT2D eigenvalue weighted by molar-refractivity contribution is 6.21. The van der Waals surface area contributed by atoms with E-state index in [0.29, 0.717) is 31.0 Å². The van der Waals surface area contributed by atoms with Crippen molar-refractivity contribution in [1.82, 2.24) is 0 Å². The Balaban J connectivity index is 1.33. The number of carbonyl (C=O) groups is 1. The van der Waals surface area contributed by atoms with Crippen LogP contribution in [0.15, 0.2) is 12.2 Å². The van der Waals surface area contributed by atoms with Gasteiger partial charge in [-0.05, 0) is 101 Å². The highest BCUT2D eigenvalue weighted by Crippen LogP contribution is 2.44. The average molecular weight is 613 g/mol. The van der Waals surface area contributed by atoms with Gasteiger partial charge in [-0.3, -0.25) is 0 Å². The zero-order valence-electron chi connectivity index (χ0n) is 26.1. The Morgan fingerprint density at radius 1 is 0.929 bits per heavy atom. The van der Waals surface area contributed by atoms with E-state index in [0.717, 1.165) is 83.8 Å². The summed E-state index contributed by atoms with van der Waals surface area (Å²) < 4.78 is 36.0. The summed E-state index contributed by atoms with van der Waals surface area (Å²) in [4.78, 5) is 11.8. The van der Waals surface area contributed by atoms with Crippen molar-refractivity contribution < 1.29 is 33.2 Å². The highest BCUT2D eigenvalue weighted by atomic mass is 35.5. The molecule has 2 unspecified atom stereocenters. The van der Waals surface area contributed by atoms with Crippen molar-refractivity contribution in [2.45, 2.75) is 146 Å². The normalized spacial score (nSPS) is 31.9. The number of hydrogen-bond donors (Lipinski definition) is 0. The third-order valence-corrected chi connectivity index (χ3v) is 10.1. The maximum Gasteiger partial charge on any atom is 0.332 e. The Kier molecular flexibility index (Phi) is 16.0. The van der Waals surface area contributed by atoms with E-state index in [1.165, 1.54) is 38.5 Å². The summed E-state index contributed by atoms with van der Waals surface area (Å²) >= 11 is 7.05. The van der Waals surface area contributed by atoms with Crippen LogP contribution in [0.3, 0.4) is 0 Å². The molecule has 42 heavy (non-hydrogen) atoms. The molecule has 2 aliphatic carbocycles. The molecule has 4 rings (SSSR count). The van der Waals surface area contributed by atoms with Crippen LogP contribution in [0.1, 0.15) is 116 Å². The summed E-state index contributed by atoms with van der Waals surface area (Å²) in [7, 11) is 0. The van der Waals surface area contributed by atoms with Gasteiger partial charge in [-0.15, -0.1) is 11.6 Å². The van der Waals surface area contributed by atoms with E-state index in [1.54, 1.807) is 0 Å². The molecule has 0 spiro atoms. The summed E-state index contributed by atoms with van der Waals surface area (Å²) in [6.45, 7) is 4.51. The number of carbonyl (C=O) groups excluding carboxylic acids is 1. The summed E-state index contributed by atoms with van der Waals surface area (Å²) in [6.07, 6.45) is 23.0. The zero-order chi connectivity index (χ0) is 29.4. The lowest BCUT2D eigenvalue weighted by Crippen LogP contribution is -2.35. The lowest BCUT2D eigenvalue weighted by Gasteiger charge is -2.36. The minimum Gasteiger partial charge on any atom is -0.464 e. The van der Waals surface area contributed by atoms with Crippen molar-refractivity contribution in [3.05, 3.63) is 12.2 Å². The number of alkyl halides is 1. The van der Waals surface area contributed by atoms with E-state index in [9.17, 15) is 4.79 Å². The van der Waals surface area contributed by atoms with Crippen LogP contribution in [0.4, 0.5) is 0 Å². The molecule has 242 valence electrons.